The van der Waals surface area contributed by atoms with Crippen LogP contribution in [-0.2, 0) is 21.2 Å². The Morgan fingerprint density at radius 3 is 2.48 bits per heavy atom. The second-order valence-electron chi connectivity index (χ2n) is 10.4. The van der Waals surface area contributed by atoms with Crippen LogP contribution in [0.15, 0.2) is 64.0 Å². The van der Waals surface area contributed by atoms with Crippen molar-refractivity contribution in [3.05, 3.63) is 70.6 Å². The van der Waals surface area contributed by atoms with E-state index in [1.165, 1.54) is 16.4 Å². The zero-order chi connectivity index (χ0) is 28.3. The summed E-state index contributed by atoms with van der Waals surface area (Å²) in [6.45, 7) is 3.87. The second-order valence-corrected chi connectivity index (χ2v) is 13.2. The molecule has 212 valence electrons. The molecule has 0 N–H and O–H groups in total. The highest BCUT2D eigenvalue weighted by Gasteiger charge is 2.39. The lowest BCUT2D eigenvalue weighted by atomic mass is 10.0. The van der Waals surface area contributed by atoms with Gasteiger partial charge >= 0.3 is 0 Å². The molecule has 0 saturated carbocycles. The van der Waals surface area contributed by atoms with E-state index >= 15 is 0 Å². The molecule has 0 aliphatic carbocycles. The van der Waals surface area contributed by atoms with Gasteiger partial charge in [0.15, 0.2) is 5.78 Å². The zero-order valence-corrected chi connectivity index (χ0v) is 24.9. The Morgan fingerprint density at radius 2 is 1.73 bits per heavy atom. The van der Waals surface area contributed by atoms with E-state index in [1.807, 2.05) is 30.3 Å². The van der Waals surface area contributed by atoms with Gasteiger partial charge < -0.3 is 9.80 Å². The van der Waals surface area contributed by atoms with E-state index < -0.39 is 21.9 Å². The average molecular weight is 631 g/mol. The van der Waals surface area contributed by atoms with Crippen LogP contribution in [0.3, 0.4) is 0 Å². The number of halogens is 2. The first-order valence-electron chi connectivity index (χ1n) is 13.6. The number of rotatable bonds is 8. The fourth-order valence-electron chi connectivity index (χ4n) is 5.28. The maximum atomic E-state index is 13.4. The number of anilines is 1. The fraction of sp³-hybridized carbons (Fsp3) is 0.414. The summed E-state index contributed by atoms with van der Waals surface area (Å²) < 4.78 is 42.1. The van der Waals surface area contributed by atoms with Crippen LogP contribution in [0.5, 0.6) is 0 Å². The molecule has 1 atom stereocenters. The third kappa shape index (κ3) is 6.59. The van der Waals surface area contributed by atoms with Gasteiger partial charge in [0, 0.05) is 48.3 Å². The normalized spacial score (nSPS) is 19.1. The highest BCUT2D eigenvalue weighted by molar-refractivity contribution is 9.10. The third-order valence-corrected chi connectivity index (χ3v) is 9.98. The topological polar surface area (TPSA) is 86.7 Å². The van der Waals surface area contributed by atoms with Gasteiger partial charge in [-0.1, -0.05) is 28.1 Å². The molecule has 5 rings (SSSR count). The van der Waals surface area contributed by atoms with Gasteiger partial charge in [0.05, 0.1) is 16.6 Å². The molecule has 0 spiro atoms. The quantitative estimate of drug-likeness (QED) is 0.361. The number of hydrogen-bond acceptors (Lipinski definition) is 7. The number of likely N-dealkylation sites (N-methyl/N-ethyl adjacent to an activating group) is 1. The van der Waals surface area contributed by atoms with Crippen LogP contribution >= 0.6 is 15.9 Å². The Balaban J connectivity index is 1.36. The van der Waals surface area contributed by atoms with Crippen molar-refractivity contribution >= 4 is 37.7 Å². The lowest BCUT2D eigenvalue weighted by Gasteiger charge is -2.23. The number of ketones is 1. The summed E-state index contributed by atoms with van der Waals surface area (Å²) in [5, 5.41) is 0. The fourth-order valence-corrected chi connectivity index (χ4v) is 7.22. The van der Waals surface area contributed by atoms with E-state index in [0.29, 0.717) is 25.2 Å². The molecular formula is C29H33BrFN5O3S. The van der Waals surface area contributed by atoms with E-state index in [1.54, 1.807) is 0 Å². The lowest BCUT2D eigenvalue weighted by molar-refractivity contribution is -0.122. The number of benzene rings is 2. The summed E-state index contributed by atoms with van der Waals surface area (Å²) in [7, 11) is -1.79. The maximum Gasteiger partial charge on any atom is 0.243 e. The Morgan fingerprint density at radius 1 is 0.975 bits per heavy atom. The van der Waals surface area contributed by atoms with Gasteiger partial charge in [0.2, 0.25) is 16.0 Å². The summed E-state index contributed by atoms with van der Waals surface area (Å²) in [6.07, 6.45) is 2.63. The van der Waals surface area contributed by atoms with Gasteiger partial charge in [0.25, 0.3) is 0 Å². The molecule has 2 saturated heterocycles. The first-order valence-corrected chi connectivity index (χ1v) is 15.8. The van der Waals surface area contributed by atoms with Gasteiger partial charge in [-0.25, -0.2) is 22.8 Å². The molecule has 0 amide bonds. The van der Waals surface area contributed by atoms with Crippen LogP contribution in [-0.4, -0.2) is 79.2 Å². The van der Waals surface area contributed by atoms with Crippen LogP contribution in [0, 0.1) is 5.82 Å². The third-order valence-electron chi connectivity index (χ3n) is 7.53. The van der Waals surface area contributed by atoms with Crippen molar-refractivity contribution in [2.75, 3.05) is 44.7 Å². The second kappa shape index (κ2) is 12.4. The highest BCUT2D eigenvalue weighted by Crippen LogP contribution is 2.29. The van der Waals surface area contributed by atoms with Crippen molar-refractivity contribution in [2.45, 2.75) is 43.0 Å². The van der Waals surface area contributed by atoms with Crippen LogP contribution < -0.4 is 4.90 Å². The van der Waals surface area contributed by atoms with E-state index in [0.717, 1.165) is 66.2 Å². The Bertz CT molecular complexity index is 1450. The van der Waals surface area contributed by atoms with Gasteiger partial charge in [-0.3, -0.25) is 4.79 Å². The molecule has 11 heteroatoms. The number of aryl methyl sites for hydroxylation is 1. The lowest BCUT2D eigenvalue weighted by Crippen LogP contribution is -2.40. The molecule has 0 radical (unpaired) electrons. The minimum absolute atomic E-state index is 0.00345. The number of Topliss-reactive ketones (excluding diaryl/α,β-unsaturated/α-hetero) is 1. The number of carbonyl (C=O) groups is 1. The van der Waals surface area contributed by atoms with E-state index in [4.69, 9.17) is 9.97 Å². The Kier molecular flexibility index (Phi) is 8.94. The van der Waals surface area contributed by atoms with Crippen molar-refractivity contribution in [1.29, 1.82) is 0 Å². The number of aromatic nitrogens is 2. The minimum atomic E-state index is -3.90. The molecule has 8 nitrogen and oxygen atoms in total. The molecule has 2 aliphatic heterocycles. The highest BCUT2D eigenvalue weighted by atomic mass is 79.9. The van der Waals surface area contributed by atoms with Gasteiger partial charge in [0.1, 0.15) is 5.82 Å². The van der Waals surface area contributed by atoms with Crippen molar-refractivity contribution in [3.8, 4) is 11.3 Å². The van der Waals surface area contributed by atoms with E-state index in [2.05, 4.69) is 32.8 Å². The van der Waals surface area contributed by atoms with Gasteiger partial charge in [-0.2, -0.15) is 4.31 Å². The zero-order valence-electron chi connectivity index (χ0n) is 22.5. The number of hydrogen-bond donors (Lipinski definition) is 0. The van der Waals surface area contributed by atoms with Crippen LogP contribution in [0.25, 0.3) is 11.3 Å². The average Bonchev–Trinajstić information content (AvgIpc) is 3.35. The standard InChI is InChI=1S/C29H33BrFN5O3S/c1-34-15-3-16-35(19-18-34)29-32-24(20-26(33-29)21-5-7-22(30)8-6-21)11-14-28(37)27-4-2-17-36(27)40(38,39)25-12-9-23(31)10-13-25/h5-10,12-13,20,27H,2-4,11,14-19H2,1H3/t27-/m0/s1. The Hall–Kier alpha value is -2.73. The van der Waals surface area contributed by atoms with Crippen LogP contribution in [0.2, 0.25) is 0 Å². The van der Waals surface area contributed by atoms with Crippen molar-refractivity contribution in [3.63, 3.8) is 0 Å². The summed E-state index contributed by atoms with van der Waals surface area (Å²) in [6, 6.07) is 13.9. The van der Waals surface area contributed by atoms with Crippen LogP contribution in [0.4, 0.5) is 10.3 Å². The predicted molar refractivity (Wildman–Crippen MR) is 156 cm³/mol. The summed E-state index contributed by atoms with van der Waals surface area (Å²) in [5.41, 5.74) is 2.50. The minimum Gasteiger partial charge on any atom is -0.339 e. The maximum absolute atomic E-state index is 13.4. The summed E-state index contributed by atoms with van der Waals surface area (Å²) >= 11 is 3.49. The largest absolute Gasteiger partial charge is 0.339 e. The van der Waals surface area contributed by atoms with Gasteiger partial charge in [-0.05, 0) is 81.7 Å². The molecule has 0 bridgehead atoms. The van der Waals surface area contributed by atoms with Crippen molar-refractivity contribution in [2.24, 2.45) is 0 Å². The molecule has 1 aromatic heterocycles. The molecular weight excluding hydrogens is 597 g/mol. The Labute approximate surface area is 243 Å². The van der Waals surface area contributed by atoms with E-state index in [-0.39, 0.29) is 23.6 Å². The smallest absolute Gasteiger partial charge is 0.243 e. The SMILES string of the molecule is CN1CCCN(c2nc(CCC(=O)[C@@H]3CCCN3S(=O)(=O)c3ccc(F)cc3)cc(-c3ccc(Br)cc3)n2)CC1. The molecule has 40 heavy (non-hydrogen) atoms. The molecule has 0 unspecified atom stereocenters. The first-order chi connectivity index (χ1) is 19.2. The molecule has 2 fully saturated rings. The van der Waals surface area contributed by atoms with Crippen molar-refractivity contribution < 1.29 is 17.6 Å². The summed E-state index contributed by atoms with van der Waals surface area (Å²) in [5.74, 6) is 0.0106. The molecule has 3 heterocycles. The number of carbonyl (C=O) groups excluding carboxylic acids is 1. The number of sulfonamides is 1. The van der Waals surface area contributed by atoms with Crippen molar-refractivity contribution in [1.82, 2.24) is 19.2 Å². The van der Waals surface area contributed by atoms with Crippen LogP contribution in [0.1, 0.15) is 31.4 Å². The number of nitrogens with zero attached hydrogens (tertiary/aromatic N) is 5. The van der Waals surface area contributed by atoms with Gasteiger partial charge in [-0.15, -0.1) is 0 Å². The van der Waals surface area contributed by atoms with E-state index in [9.17, 15) is 17.6 Å². The molecule has 2 aliphatic rings. The predicted octanol–water partition coefficient (Wildman–Crippen LogP) is 4.54. The monoisotopic (exact) mass is 629 g/mol. The first kappa shape index (κ1) is 28.8. The molecule has 3 aromatic rings. The molecule has 2 aromatic carbocycles. The summed E-state index contributed by atoms with van der Waals surface area (Å²) in [4.78, 5) is 27.6.